The fourth-order valence-electron chi connectivity index (χ4n) is 2.40. The van der Waals surface area contributed by atoms with Crippen molar-refractivity contribution in [2.75, 3.05) is 24.6 Å². The van der Waals surface area contributed by atoms with Crippen LogP contribution in [-0.4, -0.2) is 29.8 Å². The van der Waals surface area contributed by atoms with Crippen LogP contribution in [0.5, 0.6) is 0 Å². The van der Waals surface area contributed by atoms with Crippen LogP contribution in [0.15, 0.2) is 12.1 Å². The molecule has 1 saturated heterocycles. The fraction of sp³-hybridized carbons (Fsp3) is 0.538. The average Bonchev–Trinajstić information content (AvgIpc) is 2.39. The lowest BCUT2D eigenvalue weighted by Crippen LogP contribution is -2.36. The van der Waals surface area contributed by atoms with Gasteiger partial charge in [-0.15, -0.1) is 0 Å². The molecule has 1 aliphatic rings. The second-order valence-electron chi connectivity index (χ2n) is 4.62. The van der Waals surface area contributed by atoms with Gasteiger partial charge in [-0.25, -0.2) is 4.98 Å². The first-order valence-corrected chi connectivity index (χ1v) is 6.54. The number of hydrogen-bond donors (Lipinski definition) is 1. The Bertz CT molecular complexity index is 456. The van der Waals surface area contributed by atoms with Crippen molar-refractivity contribution in [3.8, 4) is 6.07 Å². The van der Waals surface area contributed by atoms with Gasteiger partial charge in [0.2, 0.25) is 0 Å². The van der Waals surface area contributed by atoms with E-state index >= 15 is 0 Å². The monoisotopic (exact) mass is 265 g/mol. The Kier molecular flexibility index (Phi) is 4.40. The molecule has 1 aliphatic heterocycles. The van der Waals surface area contributed by atoms with Crippen molar-refractivity contribution in [2.24, 2.45) is 5.92 Å². The van der Waals surface area contributed by atoms with Gasteiger partial charge in [0.1, 0.15) is 11.0 Å². The van der Waals surface area contributed by atoms with Crippen LogP contribution < -0.4 is 4.90 Å². The van der Waals surface area contributed by atoms with Gasteiger partial charge < -0.3 is 10.0 Å². The molecule has 1 fully saturated rings. The summed E-state index contributed by atoms with van der Waals surface area (Å²) in [5, 5.41) is 18.3. The number of anilines is 1. The molecule has 0 aromatic carbocycles. The summed E-state index contributed by atoms with van der Waals surface area (Å²) in [4.78, 5) is 6.43. The molecule has 96 valence electrons. The van der Waals surface area contributed by atoms with Crippen molar-refractivity contribution in [2.45, 2.75) is 19.3 Å². The van der Waals surface area contributed by atoms with E-state index in [1.165, 1.54) is 0 Å². The Morgan fingerprint density at radius 3 is 3.11 bits per heavy atom. The summed E-state index contributed by atoms with van der Waals surface area (Å²) in [5.41, 5.74) is 0.536. The van der Waals surface area contributed by atoms with Gasteiger partial charge in [0.15, 0.2) is 0 Å². The quantitative estimate of drug-likeness (QED) is 0.852. The van der Waals surface area contributed by atoms with Gasteiger partial charge in [0.25, 0.3) is 0 Å². The number of nitriles is 1. The van der Waals surface area contributed by atoms with Gasteiger partial charge >= 0.3 is 0 Å². The van der Waals surface area contributed by atoms with Gasteiger partial charge in [-0.2, -0.15) is 5.26 Å². The summed E-state index contributed by atoms with van der Waals surface area (Å²) >= 11 is 5.92. The zero-order valence-electron chi connectivity index (χ0n) is 10.1. The number of nitrogens with zero attached hydrogens (tertiary/aromatic N) is 3. The molecule has 1 aromatic rings. The lowest BCUT2D eigenvalue weighted by atomic mass is 9.95. The highest BCUT2D eigenvalue weighted by atomic mass is 35.5. The fourth-order valence-corrected chi connectivity index (χ4v) is 2.61. The molecule has 4 nitrogen and oxygen atoms in total. The normalized spacial score (nSPS) is 19.6. The molecule has 1 atom stereocenters. The first-order chi connectivity index (χ1) is 8.72. The third-order valence-corrected chi connectivity index (χ3v) is 3.48. The largest absolute Gasteiger partial charge is 0.396 e. The van der Waals surface area contributed by atoms with E-state index in [1.54, 1.807) is 12.1 Å². The van der Waals surface area contributed by atoms with E-state index in [4.69, 9.17) is 22.0 Å². The lowest BCUT2D eigenvalue weighted by molar-refractivity contribution is 0.244. The third kappa shape index (κ3) is 3.12. The van der Waals surface area contributed by atoms with Crippen molar-refractivity contribution in [1.82, 2.24) is 4.98 Å². The summed E-state index contributed by atoms with van der Waals surface area (Å²) in [6, 6.07) is 5.43. The van der Waals surface area contributed by atoms with E-state index in [1.807, 2.05) is 0 Å². The topological polar surface area (TPSA) is 60.2 Å². The van der Waals surface area contributed by atoms with E-state index in [9.17, 15) is 0 Å². The zero-order chi connectivity index (χ0) is 13.0. The van der Waals surface area contributed by atoms with E-state index in [-0.39, 0.29) is 6.61 Å². The van der Waals surface area contributed by atoms with Gasteiger partial charge in [0.05, 0.1) is 11.6 Å². The molecule has 5 heteroatoms. The number of aliphatic hydroxyl groups is 1. The molecule has 0 spiro atoms. The van der Waals surface area contributed by atoms with Crippen LogP contribution in [0.25, 0.3) is 0 Å². The molecule has 0 amide bonds. The first kappa shape index (κ1) is 13.1. The maximum atomic E-state index is 9.00. The number of aliphatic hydroxyl groups excluding tert-OH is 1. The summed E-state index contributed by atoms with van der Waals surface area (Å²) in [6.07, 6.45) is 3.05. The van der Waals surface area contributed by atoms with Gasteiger partial charge in [-0.05, 0) is 37.3 Å². The van der Waals surface area contributed by atoms with E-state index in [0.717, 1.165) is 38.2 Å². The van der Waals surface area contributed by atoms with Crippen molar-refractivity contribution < 1.29 is 5.11 Å². The van der Waals surface area contributed by atoms with Gasteiger partial charge in [-0.1, -0.05) is 11.6 Å². The van der Waals surface area contributed by atoms with Gasteiger partial charge in [-0.3, -0.25) is 0 Å². The molecule has 0 aliphatic carbocycles. The van der Waals surface area contributed by atoms with Crippen LogP contribution in [0.2, 0.25) is 5.15 Å². The molecule has 0 radical (unpaired) electrons. The summed E-state index contributed by atoms with van der Waals surface area (Å²) in [5.74, 6) is 1.26. The second-order valence-corrected chi connectivity index (χ2v) is 5.00. The highest BCUT2D eigenvalue weighted by Crippen LogP contribution is 2.25. The van der Waals surface area contributed by atoms with Crippen molar-refractivity contribution in [1.29, 1.82) is 5.26 Å². The van der Waals surface area contributed by atoms with Crippen LogP contribution in [0.4, 0.5) is 5.82 Å². The van der Waals surface area contributed by atoms with Crippen LogP contribution in [0.1, 0.15) is 24.8 Å². The van der Waals surface area contributed by atoms with E-state index in [2.05, 4.69) is 16.0 Å². The van der Waals surface area contributed by atoms with E-state index < -0.39 is 0 Å². The van der Waals surface area contributed by atoms with Crippen LogP contribution in [0.3, 0.4) is 0 Å². The van der Waals surface area contributed by atoms with Crippen LogP contribution in [-0.2, 0) is 0 Å². The standard InChI is InChI=1S/C13H16ClN3O/c14-12-6-11(8-15)7-13(16-12)17-4-1-2-10(9-17)3-5-18/h6-7,10,18H,1-5,9H2. The minimum atomic E-state index is 0.227. The smallest absolute Gasteiger partial charge is 0.132 e. The zero-order valence-corrected chi connectivity index (χ0v) is 10.9. The van der Waals surface area contributed by atoms with Crippen LogP contribution in [0, 0.1) is 17.2 Å². The maximum absolute atomic E-state index is 9.00. The van der Waals surface area contributed by atoms with Gasteiger partial charge in [0, 0.05) is 19.7 Å². The molecule has 1 N–H and O–H groups in total. The highest BCUT2D eigenvalue weighted by molar-refractivity contribution is 6.29. The first-order valence-electron chi connectivity index (χ1n) is 6.16. The van der Waals surface area contributed by atoms with Crippen molar-refractivity contribution >= 4 is 17.4 Å². The molecule has 0 bridgehead atoms. The minimum Gasteiger partial charge on any atom is -0.396 e. The molecule has 2 heterocycles. The Balaban J connectivity index is 2.15. The summed E-state index contributed by atoms with van der Waals surface area (Å²) < 4.78 is 0. The third-order valence-electron chi connectivity index (χ3n) is 3.29. The number of pyridine rings is 1. The maximum Gasteiger partial charge on any atom is 0.132 e. The molecule has 1 aromatic heterocycles. The van der Waals surface area contributed by atoms with Crippen molar-refractivity contribution in [3.05, 3.63) is 22.8 Å². The summed E-state index contributed by atoms with van der Waals surface area (Å²) in [6.45, 7) is 2.03. The predicted molar refractivity (Wildman–Crippen MR) is 70.6 cm³/mol. The highest BCUT2D eigenvalue weighted by Gasteiger charge is 2.21. The summed E-state index contributed by atoms with van der Waals surface area (Å²) in [7, 11) is 0. The number of rotatable bonds is 3. The molecule has 0 saturated carbocycles. The molecule has 2 rings (SSSR count). The number of hydrogen-bond acceptors (Lipinski definition) is 4. The SMILES string of the molecule is N#Cc1cc(Cl)nc(N2CCCC(CCO)C2)c1. The van der Waals surface area contributed by atoms with Crippen LogP contribution >= 0.6 is 11.6 Å². The number of halogens is 1. The predicted octanol–water partition coefficient (Wildman–Crippen LogP) is 2.21. The molecular formula is C13H16ClN3O. The molecule has 1 unspecified atom stereocenters. The Morgan fingerprint density at radius 2 is 2.39 bits per heavy atom. The average molecular weight is 266 g/mol. The molecular weight excluding hydrogens is 250 g/mol. The number of piperidine rings is 1. The Hall–Kier alpha value is -1.31. The van der Waals surface area contributed by atoms with Crippen molar-refractivity contribution in [3.63, 3.8) is 0 Å². The lowest BCUT2D eigenvalue weighted by Gasteiger charge is -2.33. The Labute approximate surface area is 112 Å². The van der Waals surface area contributed by atoms with E-state index in [0.29, 0.717) is 16.6 Å². The molecule has 18 heavy (non-hydrogen) atoms. The Morgan fingerprint density at radius 1 is 1.56 bits per heavy atom. The second kappa shape index (κ2) is 6.03. The number of aromatic nitrogens is 1. The minimum absolute atomic E-state index is 0.227.